The van der Waals surface area contributed by atoms with Crippen LogP contribution in [0.2, 0.25) is 0 Å². The molecule has 3 rings (SSSR count). The molecule has 0 aliphatic rings. The summed E-state index contributed by atoms with van der Waals surface area (Å²) in [5, 5.41) is 4.37. The van der Waals surface area contributed by atoms with Crippen molar-refractivity contribution in [1.82, 2.24) is 9.78 Å². The van der Waals surface area contributed by atoms with Gasteiger partial charge in [-0.25, -0.2) is 4.68 Å². The molecule has 0 saturated carbocycles. The molecule has 0 amide bonds. The van der Waals surface area contributed by atoms with Crippen molar-refractivity contribution in [3.05, 3.63) is 66.9 Å². The average molecular weight is 301 g/mol. The SMILES string of the molecule is CC(=O)Oc1nn(-c2ccccc2)cc1-c1ccccc1.[Na]. The molecule has 1 heterocycles. The quantitative estimate of drug-likeness (QED) is 0.551. The Balaban J connectivity index is 0.00000176. The zero-order valence-electron chi connectivity index (χ0n) is 12.6. The molecule has 0 unspecified atom stereocenters. The monoisotopic (exact) mass is 301 g/mol. The molecule has 4 nitrogen and oxygen atoms in total. The van der Waals surface area contributed by atoms with Gasteiger partial charge in [0.2, 0.25) is 5.88 Å². The predicted molar refractivity (Wildman–Crippen MR) is 86.1 cm³/mol. The van der Waals surface area contributed by atoms with Crippen LogP contribution in [0.5, 0.6) is 5.88 Å². The van der Waals surface area contributed by atoms with Gasteiger partial charge in [0, 0.05) is 42.7 Å². The molecule has 0 saturated heterocycles. The van der Waals surface area contributed by atoms with Gasteiger partial charge in [0.15, 0.2) is 0 Å². The predicted octanol–water partition coefficient (Wildman–Crippen LogP) is 3.08. The van der Waals surface area contributed by atoms with Gasteiger partial charge in [-0.1, -0.05) is 48.5 Å². The Kier molecular flexibility index (Phi) is 5.55. The number of hydrogen-bond donors (Lipinski definition) is 0. The number of hydrogen-bond acceptors (Lipinski definition) is 3. The minimum absolute atomic E-state index is 0. The van der Waals surface area contributed by atoms with Crippen LogP contribution >= 0.6 is 0 Å². The first-order valence-corrected chi connectivity index (χ1v) is 6.63. The van der Waals surface area contributed by atoms with Crippen LogP contribution in [0.1, 0.15) is 6.92 Å². The fourth-order valence-corrected chi connectivity index (χ4v) is 2.10. The first-order valence-electron chi connectivity index (χ1n) is 6.63. The van der Waals surface area contributed by atoms with E-state index in [-0.39, 0.29) is 35.5 Å². The Bertz CT molecular complexity index is 755. The van der Waals surface area contributed by atoms with Gasteiger partial charge in [-0.05, 0) is 17.7 Å². The molecule has 2 aromatic carbocycles. The zero-order chi connectivity index (χ0) is 14.7. The van der Waals surface area contributed by atoms with Gasteiger partial charge in [0.25, 0.3) is 0 Å². The van der Waals surface area contributed by atoms with Gasteiger partial charge in [-0.3, -0.25) is 4.79 Å². The van der Waals surface area contributed by atoms with Crippen LogP contribution < -0.4 is 4.74 Å². The van der Waals surface area contributed by atoms with E-state index in [9.17, 15) is 4.79 Å². The van der Waals surface area contributed by atoms with Gasteiger partial charge >= 0.3 is 5.97 Å². The van der Waals surface area contributed by atoms with E-state index in [1.165, 1.54) is 6.92 Å². The summed E-state index contributed by atoms with van der Waals surface area (Å²) in [6, 6.07) is 19.4. The van der Waals surface area contributed by atoms with Crippen molar-refractivity contribution in [2.45, 2.75) is 6.92 Å². The molecule has 0 spiro atoms. The third kappa shape index (κ3) is 3.65. The van der Waals surface area contributed by atoms with Crippen molar-refractivity contribution in [2.24, 2.45) is 0 Å². The number of nitrogens with zero attached hydrogens (tertiary/aromatic N) is 2. The summed E-state index contributed by atoms with van der Waals surface area (Å²) in [5.41, 5.74) is 2.65. The fourth-order valence-electron chi connectivity index (χ4n) is 2.10. The Hall–Kier alpha value is -1.88. The number of carbonyl (C=O) groups is 1. The third-order valence-corrected chi connectivity index (χ3v) is 3.03. The summed E-state index contributed by atoms with van der Waals surface area (Å²) < 4.78 is 6.94. The largest absolute Gasteiger partial charge is 0.405 e. The molecule has 0 bridgehead atoms. The molecular weight excluding hydrogens is 287 g/mol. The van der Waals surface area contributed by atoms with E-state index in [0.29, 0.717) is 5.88 Å². The summed E-state index contributed by atoms with van der Waals surface area (Å²) in [5.74, 6) is -0.0666. The summed E-state index contributed by atoms with van der Waals surface area (Å²) in [7, 11) is 0. The smallest absolute Gasteiger partial charge is 0.309 e. The number of ether oxygens (including phenoxy) is 1. The maximum atomic E-state index is 11.3. The van der Waals surface area contributed by atoms with E-state index in [0.717, 1.165) is 16.8 Å². The Labute approximate surface area is 151 Å². The summed E-state index contributed by atoms with van der Waals surface area (Å²) >= 11 is 0. The molecule has 22 heavy (non-hydrogen) atoms. The first kappa shape index (κ1) is 16.5. The molecule has 1 radical (unpaired) electrons. The first-order chi connectivity index (χ1) is 10.2. The molecule has 3 aromatic rings. The molecule has 0 aliphatic carbocycles. The van der Waals surface area contributed by atoms with Crippen molar-refractivity contribution in [2.75, 3.05) is 0 Å². The van der Waals surface area contributed by atoms with E-state index in [1.54, 1.807) is 4.68 Å². The number of aromatic nitrogens is 2. The van der Waals surface area contributed by atoms with E-state index < -0.39 is 0 Å². The Morgan fingerprint density at radius 3 is 2.18 bits per heavy atom. The fraction of sp³-hybridized carbons (Fsp3) is 0.0588. The van der Waals surface area contributed by atoms with E-state index >= 15 is 0 Å². The molecule has 105 valence electrons. The number of carbonyl (C=O) groups excluding carboxylic acids is 1. The third-order valence-electron chi connectivity index (χ3n) is 3.03. The number of rotatable bonds is 3. The zero-order valence-corrected chi connectivity index (χ0v) is 14.6. The number of benzene rings is 2. The van der Waals surface area contributed by atoms with Gasteiger partial charge < -0.3 is 4.74 Å². The van der Waals surface area contributed by atoms with Crippen LogP contribution in [-0.2, 0) is 4.79 Å². The second kappa shape index (κ2) is 7.40. The van der Waals surface area contributed by atoms with Crippen LogP contribution in [0.3, 0.4) is 0 Å². The summed E-state index contributed by atoms with van der Waals surface area (Å²) in [4.78, 5) is 11.3. The van der Waals surface area contributed by atoms with Crippen LogP contribution in [0.4, 0.5) is 0 Å². The minimum Gasteiger partial charge on any atom is -0.405 e. The summed E-state index contributed by atoms with van der Waals surface area (Å²) in [6.07, 6.45) is 1.86. The van der Waals surface area contributed by atoms with Gasteiger partial charge in [0.05, 0.1) is 11.3 Å². The summed E-state index contributed by atoms with van der Waals surface area (Å²) in [6.45, 7) is 1.37. The molecule has 5 heteroatoms. The van der Waals surface area contributed by atoms with E-state index in [2.05, 4.69) is 5.10 Å². The van der Waals surface area contributed by atoms with Crippen molar-refractivity contribution in [1.29, 1.82) is 0 Å². The van der Waals surface area contributed by atoms with Crippen molar-refractivity contribution >= 4 is 35.5 Å². The van der Waals surface area contributed by atoms with E-state index in [1.807, 2.05) is 66.9 Å². The van der Waals surface area contributed by atoms with Crippen LogP contribution in [0.25, 0.3) is 16.8 Å². The molecule has 0 N–H and O–H groups in total. The topological polar surface area (TPSA) is 44.1 Å². The Morgan fingerprint density at radius 2 is 1.59 bits per heavy atom. The standard InChI is InChI=1S/C17H14N2O2.Na/c1-13(20)21-17-16(14-8-4-2-5-9-14)12-19(18-17)15-10-6-3-7-11-15;/h2-12H,1H3;. The van der Waals surface area contributed by atoms with Crippen LogP contribution in [-0.4, -0.2) is 45.3 Å². The number of para-hydroxylation sites is 1. The van der Waals surface area contributed by atoms with Crippen molar-refractivity contribution in [3.8, 4) is 22.7 Å². The average Bonchev–Trinajstić information content (AvgIpc) is 2.92. The van der Waals surface area contributed by atoms with Gasteiger partial charge in [-0.15, -0.1) is 5.10 Å². The molecule has 1 aromatic heterocycles. The van der Waals surface area contributed by atoms with Gasteiger partial charge in [0.1, 0.15) is 0 Å². The molecule has 0 atom stereocenters. The second-order valence-electron chi connectivity index (χ2n) is 4.59. The maximum Gasteiger partial charge on any atom is 0.309 e. The molecule has 0 aliphatic heterocycles. The van der Waals surface area contributed by atoms with Crippen molar-refractivity contribution < 1.29 is 9.53 Å². The Morgan fingerprint density at radius 1 is 1.00 bits per heavy atom. The van der Waals surface area contributed by atoms with Crippen LogP contribution in [0, 0.1) is 0 Å². The molecule has 0 fully saturated rings. The minimum atomic E-state index is -0.384. The maximum absolute atomic E-state index is 11.3. The normalized spacial score (nSPS) is 9.86. The number of esters is 1. The van der Waals surface area contributed by atoms with E-state index in [4.69, 9.17) is 4.74 Å². The second-order valence-corrected chi connectivity index (χ2v) is 4.59. The van der Waals surface area contributed by atoms with Crippen molar-refractivity contribution in [3.63, 3.8) is 0 Å². The molecular formula is C17H14N2NaO2. The van der Waals surface area contributed by atoms with Crippen LogP contribution in [0.15, 0.2) is 66.9 Å². The van der Waals surface area contributed by atoms with Gasteiger partial charge in [-0.2, -0.15) is 0 Å².